The highest BCUT2D eigenvalue weighted by Gasteiger charge is 2.09. The van der Waals surface area contributed by atoms with Gasteiger partial charge in [0.1, 0.15) is 5.75 Å². The number of methoxy groups -OCH3 is 1. The van der Waals surface area contributed by atoms with Crippen LogP contribution in [0.3, 0.4) is 0 Å². The molecular formula is C19H16N2O2. The third-order valence-electron chi connectivity index (χ3n) is 3.54. The molecule has 3 rings (SSSR count). The van der Waals surface area contributed by atoms with E-state index in [2.05, 4.69) is 9.97 Å². The van der Waals surface area contributed by atoms with Crippen LogP contribution in [0.2, 0.25) is 0 Å². The summed E-state index contributed by atoms with van der Waals surface area (Å²) < 4.78 is 5.09. The Hall–Kier alpha value is -3.01. The quantitative estimate of drug-likeness (QED) is 0.676. The standard InChI is InChI=1S/C19H16N2O2/c1-23-17-9-6-14(7-10-17)19(22)12-16-8-5-15(13-21-16)18-4-2-3-11-20-18/h2-11,13H,12H2,1H3. The number of Topliss-reactive ketones (excluding diaryl/α,β-unsaturated/α-hetero) is 1. The van der Waals surface area contributed by atoms with Crippen molar-refractivity contribution in [2.24, 2.45) is 0 Å². The zero-order valence-corrected chi connectivity index (χ0v) is 12.8. The smallest absolute Gasteiger partial charge is 0.168 e. The second kappa shape index (κ2) is 6.83. The number of benzene rings is 1. The van der Waals surface area contributed by atoms with Gasteiger partial charge >= 0.3 is 0 Å². The summed E-state index contributed by atoms with van der Waals surface area (Å²) in [5, 5.41) is 0. The first-order valence-corrected chi connectivity index (χ1v) is 7.30. The van der Waals surface area contributed by atoms with E-state index in [1.165, 1.54) is 0 Å². The van der Waals surface area contributed by atoms with Gasteiger partial charge in [0, 0.05) is 29.2 Å². The van der Waals surface area contributed by atoms with Crippen LogP contribution in [0, 0.1) is 0 Å². The molecule has 0 amide bonds. The highest BCUT2D eigenvalue weighted by atomic mass is 16.5. The van der Waals surface area contributed by atoms with Gasteiger partial charge in [0.2, 0.25) is 0 Å². The van der Waals surface area contributed by atoms with Crippen molar-refractivity contribution in [3.05, 3.63) is 78.2 Å². The minimum absolute atomic E-state index is 0.0331. The van der Waals surface area contributed by atoms with E-state index >= 15 is 0 Å². The molecule has 0 fully saturated rings. The molecule has 0 aliphatic rings. The van der Waals surface area contributed by atoms with Gasteiger partial charge in [-0.05, 0) is 48.5 Å². The van der Waals surface area contributed by atoms with E-state index in [1.54, 1.807) is 43.8 Å². The van der Waals surface area contributed by atoms with Crippen LogP contribution in [0.4, 0.5) is 0 Å². The molecule has 2 aromatic heterocycles. The van der Waals surface area contributed by atoms with Gasteiger partial charge in [-0.2, -0.15) is 0 Å². The summed E-state index contributed by atoms with van der Waals surface area (Å²) in [5.74, 6) is 0.769. The van der Waals surface area contributed by atoms with Gasteiger partial charge in [-0.1, -0.05) is 6.07 Å². The third-order valence-corrected chi connectivity index (χ3v) is 3.54. The minimum Gasteiger partial charge on any atom is -0.497 e. The van der Waals surface area contributed by atoms with E-state index in [0.29, 0.717) is 5.56 Å². The van der Waals surface area contributed by atoms with Crippen LogP contribution in [0.15, 0.2) is 67.0 Å². The lowest BCUT2D eigenvalue weighted by atomic mass is 10.1. The lowest BCUT2D eigenvalue weighted by molar-refractivity contribution is 0.0992. The number of ketones is 1. The van der Waals surface area contributed by atoms with Gasteiger partial charge in [-0.3, -0.25) is 14.8 Å². The SMILES string of the molecule is COc1ccc(C(=O)Cc2ccc(-c3ccccn3)cn2)cc1. The molecule has 1 aromatic carbocycles. The monoisotopic (exact) mass is 304 g/mol. The largest absolute Gasteiger partial charge is 0.497 e. The van der Waals surface area contributed by atoms with Crippen molar-refractivity contribution in [1.29, 1.82) is 0 Å². The topological polar surface area (TPSA) is 52.1 Å². The molecule has 0 N–H and O–H groups in total. The molecule has 0 aliphatic heterocycles. The number of rotatable bonds is 5. The Morgan fingerprint density at radius 3 is 2.43 bits per heavy atom. The van der Waals surface area contributed by atoms with Crippen LogP contribution < -0.4 is 4.74 Å². The Labute approximate surface area is 134 Å². The highest BCUT2D eigenvalue weighted by molar-refractivity contribution is 5.97. The Balaban J connectivity index is 1.71. The predicted molar refractivity (Wildman–Crippen MR) is 88.5 cm³/mol. The van der Waals surface area contributed by atoms with Gasteiger partial charge in [0.05, 0.1) is 19.2 Å². The maximum absolute atomic E-state index is 12.3. The predicted octanol–water partition coefficient (Wildman–Crippen LogP) is 3.58. The van der Waals surface area contributed by atoms with Crippen molar-refractivity contribution < 1.29 is 9.53 Å². The lowest BCUT2D eigenvalue weighted by Gasteiger charge is -2.04. The van der Waals surface area contributed by atoms with Gasteiger partial charge < -0.3 is 4.74 Å². The second-order valence-electron chi connectivity index (χ2n) is 5.08. The Kier molecular flexibility index (Phi) is 4.43. The molecule has 0 radical (unpaired) electrons. The Morgan fingerprint density at radius 1 is 1.00 bits per heavy atom. The fourth-order valence-corrected chi connectivity index (χ4v) is 2.26. The number of ether oxygens (including phenoxy) is 1. The van der Waals surface area contributed by atoms with Crippen molar-refractivity contribution in [2.45, 2.75) is 6.42 Å². The van der Waals surface area contributed by atoms with E-state index in [0.717, 1.165) is 22.7 Å². The third kappa shape index (κ3) is 3.61. The number of nitrogens with zero attached hydrogens (tertiary/aromatic N) is 2. The highest BCUT2D eigenvalue weighted by Crippen LogP contribution is 2.16. The normalized spacial score (nSPS) is 10.3. The van der Waals surface area contributed by atoms with Gasteiger partial charge in [0.25, 0.3) is 0 Å². The number of carbonyl (C=O) groups is 1. The van der Waals surface area contributed by atoms with Gasteiger partial charge in [0.15, 0.2) is 5.78 Å². The summed E-state index contributed by atoms with van der Waals surface area (Å²) in [5.41, 5.74) is 3.20. The molecular weight excluding hydrogens is 288 g/mol. The number of aromatic nitrogens is 2. The molecule has 0 spiro atoms. The minimum atomic E-state index is 0.0331. The summed E-state index contributed by atoms with van der Waals surface area (Å²) in [4.78, 5) is 20.9. The van der Waals surface area contributed by atoms with Crippen LogP contribution in [0.1, 0.15) is 16.1 Å². The second-order valence-corrected chi connectivity index (χ2v) is 5.08. The first-order chi connectivity index (χ1) is 11.3. The van der Waals surface area contributed by atoms with E-state index < -0.39 is 0 Å². The molecule has 4 nitrogen and oxygen atoms in total. The van der Waals surface area contributed by atoms with E-state index in [9.17, 15) is 4.79 Å². The lowest BCUT2D eigenvalue weighted by Crippen LogP contribution is -2.05. The molecule has 0 atom stereocenters. The molecule has 0 saturated carbocycles. The average Bonchev–Trinajstić information content (AvgIpc) is 2.63. The first-order valence-electron chi connectivity index (χ1n) is 7.30. The van der Waals surface area contributed by atoms with Crippen LogP contribution in [0.25, 0.3) is 11.3 Å². The van der Waals surface area contributed by atoms with E-state index in [1.807, 2.05) is 30.3 Å². The van der Waals surface area contributed by atoms with E-state index in [4.69, 9.17) is 4.74 Å². The van der Waals surface area contributed by atoms with Gasteiger partial charge in [-0.25, -0.2) is 0 Å². The molecule has 3 aromatic rings. The van der Waals surface area contributed by atoms with Crippen LogP contribution >= 0.6 is 0 Å². The molecule has 0 bridgehead atoms. The summed E-state index contributed by atoms with van der Waals surface area (Å²) >= 11 is 0. The maximum Gasteiger partial charge on any atom is 0.168 e. The van der Waals surface area contributed by atoms with Crippen molar-refractivity contribution in [3.8, 4) is 17.0 Å². The number of carbonyl (C=O) groups excluding carboxylic acids is 1. The zero-order valence-electron chi connectivity index (χ0n) is 12.8. The average molecular weight is 304 g/mol. The Morgan fingerprint density at radius 2 is 1.83 bits per heavy atom. The summed E-state index contributed by atoms with van der Waals surface area (Å²) in [6.45, 7) is 0. The summed E-state index contributed by atoms with van der Waals surface area (Å²) in [6, 6.07) is 16.6. The zero-order chi connectivity index (χ0) is 16.1. The van der Waals surface area contributed by atoms with E-state index in [-0.39, 0.29) is 12.2 Å². The van der Waals surface area contributed by atoms with Crippen molar-refractivity contribution in [2.75, 3.05) is 7.11 Å². The first kappa shape index (κ1) is 14.9. The molecule has 0 unspecified atom stereocenters. The van der Waals surface area contributed by atoms with Crippen LogP contribution in [-0.4, -0.2) is 22.9 Å². The fraction of sp³-hybridized carbons (Fsp3) is 0.105. The summed E-state index contributed by atoms with van der Waals surface area (Å²) in [6.07, 6.45) is 3.77. The molecule has 4 heteroatoms. The molecule has 0 saturated heterocycles. The maximum atomic E-state index is 12.3. The van der Waals surface area contributed by atoms with Crippen LogP contribution in [-0.2, 0) is 6.42 Å². The van der Waals surface area contributed by atoms with Crippen LogP contribution in [0.5, 0.6) is 5.75 Å². The number of hydrogen-bond donors (Lipinski definition) is 0. The van der Waals surface area contributed by atoms with Crippen molar-refractivity contribution in [3.63, 3.8) is 0 Å². The summed E-state index contributed by atoms with van der Waals surface area (Å²) in [7, 11) is 1.60. The van der Waals surface area contributed by atoms with Crippen molar-refractivity contribution >= 4 is 5.78 Å². The van der Waals surface area contributed by atoms with Gasteiger partial charge in [-0.15, -0.1) is 0 Å². The number of hydrogen-bond acceptors (Lipinski definition) is 4. The molecule has 114 valence electrons. The molecule has 23 heavy (non-hydrogen) atoms. The van der Waals surface area contributed by atoms with Crippen molar-refractivity contribution in [1.82, 2.24) is 9.97 Å². The number of pyridine rings is 2. The fourth-order valence-electron chi connectivity index (χ4n) is 2.26. The Bertz CT molecular complexity index is 782. The molecule has 0 aliphatic carbocycles. The molecule has 2 heterocycles.